The highest BCUT2D eigenvalue weighted by atomic mass is 19.1. The normalized spacial score (nSPS) is 17.0. The lowest BCUT2D eigenvalue weighted by molar-refractivity contribution is 0.0947. The van der Waals surface area contributed by atoms with E-state index in [1.807, 2.05) is 12.1 Å². The first-order valence-corrected chi connectivity index (χ1v) is 10.1. The third kappa shape index (κ3) is 4.65. The topological polar surface area (TPSA) is 35.6 Å². The zero-order valence-electron chi connectivity index (χ0n) is 16.3. The maximum atomic E-state index is 13.4. The van der Waals surface area contributed by atoms with Crippen molar-refractivity contribution in [2.45, 2.75) is 19.3 Å². The van der Waals surface area contributed by atoms with Crippen molar-refractivity contribution in [1.29, 1.82) is 0 Å². The van der Waals surface area contributed by atoms with Crippen molar-refractivity contribution in [3.63, 3.8) is 0 Å². The van der Waals surface area contributed by atoms with Gasteiger partial charge in [-0.05, 0) is 67.3 Å². The van der Waals surface area contributed by atoms with Crippen LogP contribution in [0.5, 0.6) is 0 Å². The molecule has 0 saturated heterocycles. The highest BCUT2D eigenvalue weighted by Gasteiger charge is 2.22. The molecule has 152 valence electrons. The Hall–Kier alpha value is -2.73. The molecule has 2 heterocycles. The summed E-state index contributed by atoms with van der Waals surface area (Å²) in [5, 5.41) is 2.81. The number of anilines is 1. The first-order chi connectivity index (χ1) is 14.1. The van der Waals surface area contributed by atoms with Gasteiger partial charge < -0.3 is 10.2 Å². The van der Waals surface area contributed by atoms with E-state index in [9.17, 15) is 13.6 Å². The van der Waals surface area contributed by atoms with Crippen LogP contribution in [0.15, 0.2) is 48.5 Å². The van der Waals surface area contributed by atoms with Crippen molar-refractivity contribution in [1.82, 2.24) is 10.2 Å². The molecule has 2 aliphatic heterocycles. The molecule has 1 N–H and O–H groups in total. The smallest absolute Gasteiger partial charge is 0.254 e. The zero-order chi connectivity index (χ0) is 20.2. The molecule has 2 aromatic rings. The van der Waals surface area contributed by atoms with Crippen LogP contribution in [-0.4, -0.2) is 43.7 Å². The van der Waals surface area contributed by atoms with Crippen LogP contribution in [0.3, 0.4) is 0 Å². The first-order valence-electron chi connectivity index (χ1n) is 10.1. The predicted octanol–water partition coefficient (Wildman–Crippen LogP) is 4.04. The third-order valence-corrected chi connectivity index (χ3v) is 5.64. The molecule has 29 heavy (non-hydrogen) atoms. The Morgan fingerprint density at radius 2 is 1.72 bits per heavy atom. The van der Waals surface area contributed by atoms with Gasteiger partial charge in [0.1, 0.15) is 11.6 Å². The Morgan fingerprint density at radius 1 is 0.966 bits per heavy atom. The van der Waals surface area contributed by atoms with Crippen molar-refractivity contribution < 1.29 is 13.6 Å². The zero-order valence-corrected chi connectivity index (χ0v) is 16.3. The molecular formula is C23H25F2N3O. The highest BCUT2D eigenvalue weighted by Crippen LogP contribution is 2.25. The Labute approximate surface area is 169 Å². The summed E-state index contributed by atoms with van der Waals surface area (Å²) in [5.41, 5.74) is 3.60. The van der Waals surface area contributed by atoms with E-state index in [1.54, 1.807) is 6.07 Å². The molecule has 0 aliphatic carbocycles. The van der Waals surface area contributed by atoms with E-state index in [0.29, 0.717) is 12.2 Å². The number of fused-ring (bicyclic) bond motifs is 1. The number of rotatable bonds is 6. The maximum Gasteiger partial charge on any atom is 0.254 e. The molecular weight excluding hydrogens is 372 g/mol. The number of nitrogens with zero attached hydrogens (tertiary/aromatic N) is 2. The lowest BCUT2D eigenvalue weighted by Crippen LogP contribution is -2.44. The van der Waals surface area contributed by atoms with Gasteiger partial charge in [-0.2, -0.15) is 0 Å². The van der Waals surface area contributed by atoms with Gasteiger partial charge in [-0.25, -0.2) is 8.78 Å². The van der Waals surface area contributed by atoms with Crippen molar-refractivity contribution in [2.24, 2.45) is 0 Å². The van der Waals surface area contributed by atoms with Crippen molar-refractivity contribution in [3.05, 3.63) is 71.3 Å². The van der Waals surface area contributed by atoms with Crippen LogP contribution in [0.2, 0.25) is 0 Å². The number of hydrogen-bond donors (Lipinski definition) is 1. The van der Waals surface area contributed by atoms with E-state index < -0.39 is 0 Å². The van der Waals surface area contributed by atoms with E-state index in [2.05, 4.69) is 21.2 Å². The maximum absolute atomic E-state index is 13.4. The quantitative estimate of drug-likeness (QED) is 0.748. The van der Waals surface area contributed by atoms with E-state index >= 15 is 0 Å². The Morgan fingerprint density at radius 3 is 2.48 bits per heavy atom. The first kappa shape index (κ1) is 19.6. The monoisotopic (exact) mass is 397 g/mol. The number of unbranched alkanes of at least 4 members (excludes halogenated alkanes) is 1. The molecule has 4 rings (SSSR count). The van der Waals surface area contributed by atoms with Crippen molar-refractivity contribution in [2.75, 3.05) is 37.7 Å². The number of carbonyl (C=O) groups excluding carboxylic acids is 1. The van der Waals surface area contributed by atoms with Gasteiger partial charge in [-0.3, -0.25) is 9.69 Å². The number of carbonyl (C=O) groups is 1. The molecule has 6 heteroatoms. The summed E-state index contributed by atoms with van der Waals surface area (Å²) < 4.78 is 26.5. The number of nitrogens with one attached hydrogen (secondary N) is 1. The van der Waals surface area contributed by atoms with Crippen LogP contribution in [0.4, 0.5) is 14.5 Å². The fraction of sp³-hybridized carbons (Fsp3) is 0.348. The highest BCUT2D eigenvalue weighted by molar-refractivity contribution is 6.01. The minimum atomic E-state index is -0.390. The number of amides is 1. The molecule has 4 nitrogen and oxygen atoms in total. The molecule has 0 bridgehead atoms. The lowest BCUT2D eigenvalue weighted by atomic mass is 9.99. The Kier molecular flexibility index (Phi) is 5.90. The summed E-state index contributed by atoms with van der Waals surface area (Å²) in [5.74, 6) is -0.806. The summed E-state index contributed by atoms with van der Waals surface area (Å²) in [6.45, 7) is 4.22. The molecule has 0 radical (unpaired) electrons. The molecule has 2 aliphatic rings. The van der Waals surface area contributed by atoms with Crippen LogP contribution in [0.1, 0.15) is 35.2 Å². The van der Waals surface area contributed by atoms with Crippen LogP contribution in [-0.2, 0) is 0 Å². The van der Waals surface area contributed by atoms with Gasteiger partial charge >= 0.3 is 0 Å². The van der Waals surface area contributed by atoms with Gasteiger partial charge in [0.2, 0.25) is 0 Å². The Bertz CT molecular complexity index is 911. The minimum Gasteiger partial charge on any atom is -0.353 e. The predicted molar refractivity (Wildman–Crippen MR) is 111 cm³/mol. The molecule has 0 atom stereocenters. The summed E-state index contributed by atoms with van der Waals surface area (Å²) in [4.78, 5) is 16.5. The molecule has 0 aromatic heterocycles. The van der Waals surface area contributed by atoms with E-state index in [0.717, 1.165) is 56.7 Å². The second kappa shape index (κ2) is 8.74. The minimum absolute atomic E-state index is 0.201. The average Bonchev–Trinajstić information content (AvgIpc) is 2.74. The molecule has 0 unspecified atom stereocenters. The van der Waals surface area contributed by atoms with Crippen molar-refractivity contribution >= 4 is 17.2 Å². The second-order valence-electron chi connectivity index (χ2n) is 7.58. The number of halogens is 2. The fourth-order valence-corrected chi connectivity index (χ4v) is 3.99. The molecule has 0 spiro atoms. The largest absolute Gasteiger partial charge is 0.353 e. The standard InChI is InChI=1S/C23H25F2N3O/c24-19-5-3-17(4-6-19)18-9-13-27(14-10-18)11-1-2-12-28-16-26-23(29)21-15-20(25)7-8-22(21)28/h3-9,15H,1-2,10-14,16H2,(H,26,29). The average molecular weight is 397 g/mol. The third-order valence-electron chi connectivity index (χ3n) is 5.64. The van der Waals surface area contributed by atoms with E-state index in [4.69, 9.17) is 0 Å². The van der Waals surface area contributed by atoms with Crippen LogP contribution in [0, 0.1) is 11.6 Å². The van der Waals surface area contributed by atoms with Gasteiger partial charge in [0.05, 0.1) is 17.9 Å². The molecule has 2 aromatic carbocycles. The number of benzene rings is 2. The summed E-state index contributed by atoms with van der Waals surface area (Å²) in [6.07, 6.45) is 5.27. The second-order valence-corrected chi connectivity index (χ2v) is 7.58. The molecule has 1 amide bonds. The van der Waals surface area contributed by atoms with Gasteiger partial charge in [0, 0.05) is 19.6 Å². The van der Waals surface area contributed by atoms with Crippen LogP contribution >= 0.6 is 0 Å². The van der Waals surface area contributed by atoms with Crippen LogP contribution < -0.4 is 10.2 Å². The SMILES string of the molecule is O=C1NCN(CCCCN2CC=C(c3ccc(F)cc3)CC2)c2ccc(F)cc21. The molecule has 0 saturated carbocycles. The van der Waals surface area contributed by atoms with Gasteiger partial charge in [-0.1, -0.05) is 18.2 Å². The number of hydrogen-bond acceptors (Lipinski definition) is 3. The summed E-state index contributed by atoms with van der Waals surface area (Å²) in [6, 6.07) is 11.1. The van der Waals surface area contributed by atoms with E-state index in [-0.39, 0.29) is 17.5 Å². The lowest BCUT2D eigenvalue weighted by Gasteiger charge is -2.31. The van der Waals surface area contributed by atoms with Gasteiger partial charge in [0.15, 0.2) is 0 Å². The summed E-state index contributed by atoms with van der Waals surface area (Å²) >= 11 is 0. The molecule has 0 fully saturated rings. The van der Waals surface area contributed by atoms with Gasteiger partial charge in [0.25, 0.3) is 5.91 Å². The fourth-order valence-electron chi connectivity index (χ4n) is 3.99. The van der Waals surface area contributed by atoms with Crippen LogP contribution in [0.25, 0.3) is 5.57 Å². The van der Waals surface area contributed by atoms with Crippen molar-refractivity contribution in [3.8, 4) is 0 Å². The van der Waals surface area contributed by atoms with E-state index in [1.165, 1.54) is 29.8 Å². The van der Waals surface area contributed by atoms with Gasteiger partial charge in [-0.15, -0.1) is 0 Å². The summed E-state index contributed by atoms with van der Waals surface area (Å²) in [7, 11) is 0. The Balaban J connectivity index is 1.24.